The number of hydrogen-bond donors (Lipinski definition) is 2. The first-order valence-electron chi connectivity index (χ1n) is 7.70. The van der Waals surface area contributed by atoms with E-state index in [4.69, 9.17) is 4.74 Å². The van der Waals surface area contributed by atoms with Gasteiger partial charge in [-0.2, -0.15) is 0 Å². The Balaban J connectivity index is 1.83. The lowest BCUT2D eigenvalue weighted by Crippen LogP contribution is -2.19. The Hall–Kier alpha value is -2.19. The van der Waals surface area contributed by atoms with Gasteiger partial charge in [0.05, 0.1) is 5.75 Å². The molecule has 1 aromatic heterocycles. The number of sulfonamides is 1. The summed E-state index contributed by atoms with van der Waals surface area (Å²) < 4.78 is 31.6. The Labute approximate surface area is 142 Å². The van der Waals surface area contributed by atoms with Crippen LogP contribution in [0.1, 0.15) is 12.0 Å². The van der Waals surface area contributed by atoms with Crippen molar-refractivity contribution in [3.63, 3.8) is 0 Å². The van der Waals surface area contributed by atoms with Crippen molar-refractivity contribution in [3.8, 4) is 0 Å². The van der Waals surface area contributed by atoms with Crippen LogP contribution >= 0.6 is 0 Å². The molecule has 1 aromatic carbocycles. The SMILES string of the molecule is COCCCNc1ccc(NS(=O)(=O)CCc2ccccc2)nn1. The minimum atomic E-state index is -3.46. The van der Waals surface area contributed by atoms with E-state index in [0.29, 0.717) is 25.4 Å². The predicted octanol–water partition coefficient (Wildman–Crippen LogP) is 1.91. The van der Waals surface area contributed by atoms with Crippen LogP contribution < -0.4 is 10.0 Å². The third-order valence-corrected chi connectivity index (χ3v) is 4.52. The maximum absolute atomic E-state index is 12.1. The highest BCUT2D eigenvalue weighted by Crippen LogP contribution is 2.09. The third-order valence-electron chi connectivity index (χ3n) is 3.26. The van der Waals surface area contributed by atoms with Crippen molar-refractivity contribution < 1.29 is 13.2 Å². The number of ether oxygens (including phenoxy) is 1. The van der Waals surface area contributed by atoms with Crippen LogP contribution in [0.5, 0.6) is 0 Å². The molecule has 0 aliphatic carbocycles. The molecule has 0 unspecified atom stereocenters. The zero-order chi connectivity index (χ0) is 17.3. The normalized spacial score (nSPS) is 11.2. The van der Waals surface area contributed by atoms with Gasteiger partial charge in [-0.15, -0.1) is 10.2 Å². The van der Waals surface area contributed by atoms with E-state index in [2.05, 4.69) is 20.2 Å². The minimum absolute atomic E-state index is 0.00425. The van der Waals surface area contributed by atoms with Crippen LogP contribution in [0.2, 0.25) is 0 Å². The van der Waals surface area contributed by atoms with Crippen molar-refractivity contribution in [2.24, 2.45) is 0 Å². The number of anilines is 2. The van der Waals surface area contributed by atoms with Crippen molar-refractivity contribution in [3.05, 3.63) is 48.0 Å². The summed E-state index contributed by atoms with van der Waals surface area (Å²) in [5.41, 5.74) is 0.976. The number of hydrogen-bond acceptors (Lipinski definition) is 6. The van der Waals surface area contributed by atoms with Crippen LogP contribution in [-0.4, -0.2) is 44.6 Å². The van der Waals surface area contributed by atoms with Crippen molar-refractivity contribution >= 4 is 21.7 Å². The second-order valence-electron chi connectivity index (χ2n) is 5.23. The van der Waals surface area contributed by atoms with Gasteiger partial charge in [0.15, 0.2) is 5.82 Å². The number of nitrogens with one attached hydrogen (secondary N) is 2. The van der Waals surface area contributed by atoms with Crippen molar-refractivity contribution in [1.29, 1.82) is 0 Å². The molecule has 0 fully saturated rings. The highest BCUT2D eigenvalue weighted by atomic mass is 32.2. The molecular weight excluding hydrogens is 328 g/mol. The second kappa shape index (κ2) is 9.19. The molecule has 0 aliphatic heterocycles. The highest BCUT2D eigenvalue weighted by molar-refractivity contribution is 7.92. The predicted molar refractivity (Wildman–Crippen MR) is 94.6 cm³/mol. The van der Waals surface area contributed by atoms with Crippen LogP contribution in [0, 0.1) is 0 Å². The van der Waals surface area contributed by atoms with Gasteiger partial charge in [-0.3, -0.25) is 4.72 Å². The first-order valence-corrected chi connectivity index (χ1v) is 9.35. The summed E-state index contributed by atoms with van der Waals surface area (Å²) in [4.78, 5) is 0. The summed E-state index contributed by atoms with van der Waals surface area (Å²) in [5.74, 6) is 0.805. The Kier molecular flexibility index (Phi) is 6.95. The number of benzene rings is 1. The molecule has 0 amide bonds. The van der Waals surface area contributed by atoms with Gasteiger partial charge in [-0.1, -0.05) is 30.3 Å². The molecule has 24 heavy (non-hydrogen) atoms. The van der Waals surface area contributed by atoms with Gasteiger partial charge in [-0.05, 0) is 30.5 Å². The monoisotopic (exact) mass is 350 g/mol. The van der Waals surface area contributed by atoms with E-state index in [1.807, 2.05) is 30.3 Å². The molecule has 0 bridgehead atoms. The topological polar surface area (TPSA) is 93.2 Å². The van der Waals surface area contributed by atoms with E-state index in [1.54, 1.807) is 19.2 Å². The Morgan fingerprint density at radius 2 is 1.75 bits per heavy atom. The third kappa shape index (κ3) is 6.51. The molecule has 0 spiro atoms. The second-order valence-corrected chi connectivity index (χ2v) is 7.08. The fourth-order valence-electron chi connectivity index (χ4n) is 2.02. The van der Waals surface area contributed by atoms with Crippen molar-refractivity contribution in [2.45, 2.75) is 12.8 Å². The fraction of sp³-hybridized carbons (Fsp3) is 0.375. The van der Waals surface area contributed by atoms with Crippen LogP contribution in [0.4, 0.5) is 11.6 Å². The van der Waals surface area contributed by atoms with Crippen LogP contribution in [0.25, 0.3) is 0 Å². The molecule has 8 heteroatoms. The van der Waals surface area contributed by atoms with E-state index in [-0.39, 0.29) is 11.6 Å². The number of aromatic nitrogens is 2. The molecule has 7 nitrogen and oxygen atoms in total. The zero-order valence-electron chi connectivity index (χ0n) is 13.6. The molecule has 0 saturated heterocycles. The summed E-state index contributed by atoms with van der Waals surface area (Å²) in [6, 6.07) is 12.8. The van der Waals surface area contributed by atoms with Gasteiger partial charge >= 0.3 is 0 Å². The zero-order valence-corrected chi connectivity index (χ0v) is 14.4. The fourth-order valence-corrected chi connectivity index (χ4v) is 3.06. The first kappa shape index (κ1) is 18.2. The molecule has 0 radical (unpaired) electrons. The summed E-state index contributed by atoms with van der Waals surface area (Å²) in [7, 11) is -1.81. The number of rotatable bonds is 10. The average molecular weight is 350 g/mol. The smallest absolute Gasteiger partial charge is 0.234 e. The number of aryl methyl sites for hydroxylation is 1. The van der Waals surface area contributed by atoms with Gasteiger partial charge in [0.1, 0.15) is 5.82 Å². The van der Waals surface area contributed by atoms with Gasteiger partial charge in [-0.25, -0.2) is 8.42 Å². The molecule has 2 rings (SSSR count). The number of methoxy groups -OCH3 is 1. The molecular formula is C16H22N4O3S. The minimum Gasteiger partial charge on any atom is -0.385 e. The average Bonchev–Trinajstić information content (AvgIpc) is 2.59. The summed E-state index contributed by atoms with van der Waals surface area (Å²) in [5, 5.41) is 10.9. The van der Waals surface area contributed by atoms with E-state index >= 15 is 0 Å². The van der Waals surface area contributed by atoms with Crippen molar-refractivity contribution in [1.82, 2.24) is 10.2 Å². The van der Waals surface area contributed by atoms with E-state index < -0.39 is 10.0 Å². The van der Waals surface area contributed by atoms with Gasteiger partial charge < -0.3 is 10.1 Å². The lowest BCUT2D eigenvalue weighted by Gasteiger charge is -2.08. The lowest BCUT2D eigenvalue weighted by atomic mass is 10.2. The summed E-state index contributed by atoms with van der Waals surface area (Å²) in [6.45, 7) is 1.38. The van der Waals surface area contributed by atoms with Gasteiger partial charge in [0.25, 0.3) is 0 Å². The summed E-state index contributed by atoms with van der Waals surface area (Å²) >= 11 is 0. The molecule has 0 aliphatic rings. The molecule has 1 heterocycles. The Morgan fingerprint density at radius 3 is 2.42 bits per heavy atom. The molecule has 0 atom stereocenters. The highest BCUT2D eigenvalue weighted by Gasteiger charge is 2.11. The first-order chi connectivity index (χ1) is 11.6. The standard InChI is InChI=1S/C16H22N4O3S/c1-23-12-5-11-17-15-8-9-16(19-18-15)20-24(21,22)13-10-14-6-3-2-4-7-14/h2-4,6-9H,5,10-13H2,1H3,(H,17,18)(H,19,20). The van der Waals surface area contributed by atoms with Crippen molar-refractivity contribution in [2.75, 3.05) is 36.1 Å². The number of nitrogens with zero attached hydrogens (tertiary/aromatic N) is 2. The van der Waals surface area contributed by atoms with E-state index in [1.165, 1.54) is 0 Å². The maximum Gasteiger partial charge on any atom is 0.234 e. The molecule has 130 valence electrons. The molecule has 0 saturated carbocycles. The molecule has 2 aromatic rings. The van der Waals surface area contributed by atoms with Gasteiger partial charge in [0, 0.05) is 20.3 Å². The van der Waals surface area contributed by atoms with E-state index in [9.17, 15) is 8.42 Å². The van der Waals surface area contributed by atoms with E-state index in [0.717, 1.165) is 12.0 Å². The van der Waals surface area contributed by atoms with Crippen LogP contribution in [0.15, 0.2) is 42.5 Å². The largest absolute Gasteiger partial charge is 0.385 e. The molecule has 2 N–H and O–H groups in total. The Morgan fingerprint density at radius 1 is 1.04 bits per heavy atom. The Bertz CT molecular complexity index is 706. The lowest BCUT2D eigenvalue weighted by molar-refractivity contribution is 0.197. The van der Waals surface area contributed by atoms with Crippen LogP contribution in [0.3, 0.4) is 0 Å². The van der Waals surface area contributed by atoms with Gasteiger partial charge in [0.2, 0.25) is 10.0 Å². The summed E-state index contributed by atoms with van der Waals surface area (Å²) in [6.07, 6.45) is 1.30. The van der Waals surface area contributed by atoms with Crippen LogP contribution in [-0.2, 0) is 21.2 Å². The quantitative estimate of drug-likeness (QED) is 0.636. The maximum atomic E-state index is 12.1.